The van der Waals surface area contributed by atoms with Crippen LogP contribution in [0, 0.1) is 13.8 Å². The molecule has 1 N–H and O–H groups in total. The van der Waals surface area contributed by atoms with Gasteiger partial charge in [-0.25, -0.2) is 4.79 Å². The number of fused-ring (bicyclic) bond motifs is 1. The van der Waals surface area contributed by atoms with Crippen molar-refractivity contribution in [2.24, 2.45) is 0 Å². The maximum atomic E-state index is 12.1. The van der Waals surface area contributed by atoms with Crippen molar-refractivity contribution in [1.29, 1.82) is 0 Å². The number of nitrogens with one attached hydrogen (secondary N) is 1. The molecule has 2 aromatic rings. The molecule has 0 aromatic heterocycles. The van der Waals surface area contributed by atoms with E-state index in [-0.39, 0.29) is 6.61 Å². The fourth-order valence-corrected chi connectivity index (χ4v) is 2.40. The number of carbonyl (C=O) groups excluding carboxylic acids is 2. The first-order valence-corrected chi connectivity index (χ1v) is 7.97. The van der Waals surface area contributed by atoms with E-state index in [9.17, 15) is 9.59 Å². The average molecular weight is 341 g/mol. The third-order valence-corrected chi connectivity index (χ3v) is 3.90. The maximum absolute atomic E-state index is 12.1. The molecular weight excluding hydrogens is 322 g/mol. The number of carbonyl (C=O) groups is 2. The molecule has 0 bridgehead atoms. The van der Waals surface area contributed by atoms with Crippen LogP contribution in [0.1, 0.15) is 21.5 Å². The Morgan fingerprint density at radius 1 is 1.00 bits per heavy atom. The Hall–Kier alpha value is -3.02. The number of esters is 1. The van der Waals surface area contributed by atoms with E-state index >= 15 is 0 Å². The Bertz CT molecular complexity index is 815. The van der Waals surface area contributed by atoms with Gasteiger partial charge in [0.2, 0.25) is 0 Å². The van der Waals surface area contributed by atoms with Gasteiger partial charge in [0.1, 0.15) is 13.2 Å². The lowest BCUT2D eigenvalue weighted by Gasteiger charge is -2.18. The van der Waals surface area contributed by atoms with Gasteiger partial charge in [0.05, 0.1) is 5.56 Å². The minimum absolute atomic E-state index is 0.309. The first kappa shape index (κ1) is 16.8. The molecule has 0 saturated heterocycles. The van der Waals surface area contributed by atoms with Gasteiger partial charge in [-0.05, 0) is 55.3 Å². The molecule has 0 aliphatic carbocycles. The second-order valence-electron chi connectivity index (χ2n) is 5.78. The summed E-state index contributed by atoms with van der Waals surface area (Å²) in [6.07, 6.45) is 0. The summed E-state index contributed by atoms with van der Waals surface area (Å²) in [5.74, 6) is 0.108. The van der Waals surface area contributed by atoms with Gasteiger partial charge in [-0.2, -0.15) is 0 Å². The number of hydrogen-bond donors (Lipinski definition) is 1. The van der Waals surface area contributed by atoms with E-state index in [1.54, 1.807) is 18.2 Å². The third-order valence-electron chi connectivity index (χ3n) is 3.90. The van der Waals surface area contributed by atoms with Crippen LogP contribution in [0.25, 0.3) is 0 Å². The number of hydrogen-bond acceptors (Lipinski definition) is 5. The summed E-state index contributed by atoms with van der Waals surface area (Å²) in [6.45, 7) is 4.52. The molecule has 0 spiro atoms. The summed E-state index contributed by atoms with van der Waals surface area (Å²) in [6, 6.07) is 10.4. The summed E-state index contributed by atoms with van der Waals surface area (Å²) in [5.41, 5.74) is 3.20. The van der Waals surface area contributed by atoms with Crippen molar-refractivity contribution >= 4 is 17.6 Å². The highest BCUT2D eigenvalue weighted by Crippen LogP contribution is 2.30. The highest BCUT2D eigenvalue weighted by molar-refractivity contribution is 5.95. The van der Waals surface area contributed by atoms with Crippen LogP contribution in [0.5, 0.6) is 11.5 Å². The zero-order valence-electron chi connectivity index (χ0n) is 14.1. The van der Waals surface area contributed by atoms with Crippen molar-refractivity contribution < 1.29 is 23.8 Å². The molecule has 0 saturated carbocycles. The van der Waals surface area contributed by atoms with Gasteiger partial charge >= 0.3 is 5.97 Å². The van der Waals surface area contributed by atoms with Crippen molar-refractivity contribution in [3.05, 3.63) is 53.1 Å². The molecule has 0 radical (unpaired) electrons. The van der Waals surface area contributed by atoms with Crippen molar-refractivity contribution in [3.63, 3.8) is 0 Å². The number of ether oxygens (including phenoxy) is 3. The summed E-state index contributed by atoms with van der Waals surface area (Å²) in [7, 11) is 0. The Morgan fingerprint density at radius 3 is 2.52 bits per heavy atom. The highest BCUT2D eigenvalue weighted by atomic mass is 16.6. The Labute approximate surface area is 145 Å². The van der Waals surface area contributed by atoms with Crippen molar-refractivity contribution in [2.45, 2.75) is 13.8 Å². The van der Waals surface area contributed by atoms with Gasteiger partial charge in [-0.3, -0.25) is 4.79 Å². The standard InChI is InChI=1S/C19H19NO5/c1-12-3-5-15(9-13(12)2)20-18(21)11-25-19(22)14-4-6-16-17(10-14)24-8-7-23-16/h3-6,9-10H,7-8,11H2,1-2H3,(H,20,21). The molecule has 1 heterocycles. The van der Waals surface area contributed by atoms with Gasteiger partial charge in [-0.1, -0.05) is 6.07 Å². The maximum Gasteiger partial charge on any atom is 0.338 e. The lowest BCUT2D eigenvalue weighted by Crippen LogP contribution is -2.21. The lowest BCUT2D eigenvalue weighted by atomic mass is 10.1. The number of rotatable bonds is 4. The van der Waals surface area contributed by atoms with Crippen molar-refractivity contribution in [3.8, 4) is 11.5 Å². The van der Waals surface area contributed by atoms with Gasteiger partial charge in [0.25, 0.3) is 5.91 Å². The molecule has 6 nitrogen and oxygen atoms in total. The molecular formula is C19H19NO5. The van der Waals surface area contributed by atoms with Crippen molar-refractivity contribution in [2.75, 3.05) is 25.1 Å². The van der Waals surface area contributed by atoms with E-state index in [4.69, 9.17) is 14.2 Å². The van der Waals surface area contributed by atoms with E-state index in [0.717, 1.165) is 11.1 Å². The predicted molar refractivity (Wildman–Crippen MR) is 92.3 cm³/mol. The normalized spacial score (nSPS) is 12.4. The lowest BCUT2D eigenvalue weighted by molar-refractivity contribution is -0.119. The SMILES string of the molecule is Cc1ccc(NC(=O)COC(=O)c2ccc3c(c2)OCCO3)cc1C. The van der Waals surface area contributed by atoms with Crippen LogP contribution in [-0.2, 0) is 9.53 Å². The molecule has 0 atom stereocenters. The molecule has 1 aliphatic rings. The van der Waals surface area contributed by atoms with E-state index in [1.165, 1.54) is 0 Å². The van der Waals surface area contributed by atoms with Gasteiger partial charge in [0.15, 0.2) is 18.1 Å². The van der Waals surface area contributed by atoms with Crippen LogP contribution in [-0.4, -0.2) is 31.7 Å². The van der Waals surface area contributed by atoms with Crippen LogP contribution >= 0.6 is 0 Å². The Balaban J connectivity index is 1.56. The van der Waals surface area contributed by atoms with E-state index in [0.29, 0.717) is 36.0 Å². The molecule has 0 unspecified atom stereocenters. The molecule has 3 rings (SSSR count). The summed E-state index contributed by atoms with van der Waals surface area (Å²) in [4.78, 5) is 24.0. The number of amides is 1. The summed E-state index contributed by atoms with van der Waals surface area (Å²) >= 11 is 0. The molecule has 1 aliphatic heterocycles. The van der Waals surface area contributed by atoms with Crippen LogP contribution < -0.4 is 14.8 Å². The average Bonchev–Trinajstić information content (AvgIpc) is 2.62. The van der Waals surface area contributed by atoms with E-state index in [1.807, 2.05) is 32.0 Å². The van der Waals surface area contributed by atoms with E-state index < -0.39 is 11.9 Å². The second-order valence-corrected chi connectivity index (χ2v) is 5.78. The quantitative estimate of drug-likeness (QED) is 0.866. The first-order valence-electron chi connectivity index (χ1n) is 7.97. The van der Waals surface area contributed by atoms with Crippen LogP contribution in [0.3, 0.4) is 0 Å². The molecule has 0 fully saturated rings. The minimum Gasteiger partial charge on any atom is -0.486 e. The highest BCUT2D eigenvalue weighted by Gasteiger charge is 2.16. The fraction of sp³-hybridized carbons (Fsp3) is 0.263. The van der Waals surface area contributed by atoms with E-state index in [2.05, 4.69) is 5.32 Å². The number of benzene rings is 2. The monoisotopic (exact) mass is 341 g/mol. The molecule has 2 aromatic carbocycles. The van der Waals surface area contributed by atoms with Gasteiger partial charge in [0, 0.05) is 5.69 Å². The zero-order chi connectivity index (χ0) is 17.8. The first-order chi connectivity index (χ1) is 12.0. The molecule has 6 heteroatoms. The van der Waals surface area contributed by atoms with Crippen LogP contribution in [0.15, 0.2) is 36.4 Å². The predicted octanol–water partition coefficient (Wildman–Crippen LogP) is 2.87. The molecule has 25 heavy (non-hydrogen) atoms. The fourth-order valence-electron chi connectivity index (χ4n) is 2.40. The largest absolute Gasteiger partial charge is 0.486 e. The Kier molecular flexibility index (Phi) is 4.88. The topological polar surface area (TPSA) is 73.9 Å². The molecule has 130 valence electrons. The van der Waals surface area contributed by atoms with Crippen LogP contribution in [0.2, 0.25) is 0 Å². The smallest absolute Gasteiger partial charge is 0.338 e. The third kappa shape index (κ3) is 4.09. The molecule has 1 amide bonds. The number of aryl methyl sites for hydroxylation is 2. The summed E-state index contributed by atoms with van der Waals surface area (Å²) < 4.78 is 15.9. The summed E-state index contributed by atoms with van der Waals surface area (Å²) in [5, 5.41) is 2.71. The number of anilines is 1. The van der Waals surface area contributed by atoms with Crippen molar-refractivity contribution in [1.82, 2.24) is 0 Å². The van der Waals surface area contributed by atoms with Gasteiger partial charge in [-0.15, -0.1) is 0 Å². The minimum atomic E-state index is -0.591. The van der Waals surface area contributed by atoms with Gasteiger partial charge < -0.3 is 19.5 Å². The zero-order valence-corrected chi connectivity index (χ0v) is 14.1. The van der Waals surface area contributed by atoms with Crippen LogP contribution in [0.4, 0.5) is 5.69 Å². The second kappa shape index (κ2) is 7.25. The Morgan fingerprint density at radius 2 is 1.76 bits per heavy atom.